The summed E-state index contributed by atoms with van der Waals surface area (Å²) < 4.78 is 1.50. The molecule has 0 spiro atoms. The second kappa shape index (κ2) is 5.76. The van der Waals surface area contributed by atoms with Crippen molar-refractivity contribution in [3.63, 3.8) is 0 Å². The molecule has 1 N–H and O–H groups in total. The van der Waals surface area contributed by atoms with Gasteiger partial charge in [0.15, 0.2) is 0 Å². The predicted molar refractivity (Wildman–Crippen MR) is 85.3 cm³/mol. The van der Waals surface area contributed by atoms with Gasteiger partial charge in [-0.15, -0.1) is 0 Å². The number of pyridine rings is 1. The molecule has 0 amide bonds. The molecule has 0 aliphatic heterocycles. The van der Waals surface area contributed by atoms with Gasteiger partial charge in [0.25, 0.3) is 5.56 Å². The number of hydrogen-bond acceptors (Lipinski definition) is 3. The lowest BCUT2D eigenvalue weighted by atomic mass is 10.3. The van der Waals surface area contributed by atoms with Gasteiger partial charge in [0, 0.05) is 17.3 Å². The Morgan fingerprint density at radius 1 is 1.14 bits per heavy atom. The molecule has 0 unspecified atom stereocenters. The normalized spacial score (nSPS) is 10.8. The van der Waals surface area contributed by atoms with Crippen molar-refractivity contribution in [1.29, 1.82) is 0 Å². The Morgan fingerprint density at radius 2 is 2.00 bits per heavy atom. The average molecular weight is 320 g/mol. The first-order chi connectivity index (χ1) is 10.1. The second-order valence-corrected chi connectivity index (χ2v) is 5.34. The van der Waals surface area contributed by atoms with Crippen LogP contribution in [0.15, 0.2) is 53.5 Å². The van der Waals surface area contributed by atoms with Gasteiger partial charge < -0.3 is 5.32 Å². The Hall–Kier alpha value is -2.04. The van der Waals surface area contributed by atoms with Gasteiger partial charge in [-0.3, -0.25) is 9.20 Å². The maximum Gasteiger partial charge on any atom is 0.258 e. The summed E-state index contributed by atoms with van der Waals surface area (Å²) in [6, 6.07) is 12.1. The van der Waals surface area contributed by atoms with Crippen LogP contribution in [0.2, 0.25) is 10.0 Å². The van der Waals surface area contributed by atoms with Crippen molar-refractivity contribution < 1.29 is 0 Å². The second-order valence-electron chi connectivity index (χ2n) is 4.49. The summed E-state index contributed by atoms with van der Waals surface area (Å²) in [5.41, 5.74) is 1.90. The van der Waals surface area contributed by atoms with Crippen LogP contribution in [0.5, 0.6) is 0 Å². The summed E-state index contributed by atoms with van der Waals surface area (Å²) in [6.07, 6.45) is 1.69. The molecule has 106 valence electrons. The Kier molecular flexibility index (Phi) is 3.82. The third kappa shape index (κ3) is 3.01. The third-order valence-corrected chi connectivity index (χ3v) is 3.56. The van der Waals surface area contributed by atoms with E-state index in [1.54, 1.807) is 36.5 Å². The SMILES string of the molecule is O=c1cc(CNc2ccc(Cl)cc2Cl)nc2ccccn12. The minimum Gasteiger partial charge on any atom is -0.378 e. The minimum atomic E-state index is -0.111. The number of fused-ring (bicyclic) bond motifs is 1. The topological polar surface area (TPSA) is 46.4 Å². The van der Waals surface area contributed by atoms with Gasteiger partial charge in [-0.25, -0.2) is 4.98 Å². The van der Waals surface area contributed by atoms with Crippen LogP contribution >= 0.6 is 23.2 Å². The minimum absolute atomic E-state index is 0.111. The molecule has 6 heteroatoms. The van der Waals surface area contributed by atoms with Crippen molar-refractivity contribution in [3.8, 4) is 0 Å². The van der Waals surface area contributed by atoms with Gasteiger partial charge >= 0.3 is 0 Å². The lowest BCUT2D eigenvalue weighted by molar-refractivity contribution is 0.971. The van der Waals surface area contributed by atoms with E-state index in [0.29, 0.717) is 27.9 Å². The molecular formula is C15H11Cl2N3O. The first kappa shape index (κ1) is 13.9. The molecule has 0 fully saturated rings. The maximum atomic E-state index is 12.0. The van der Waals surface area contributed by atoms with Crippen molar-refractivity contribution in [3.05, 3.63) is 74.8 Å². The number of nitrogens with zero attached hydrogens (tertiary/aromatic N) is 2. The van der Waals surface area contributed by atoms with Crippen LogP contribution < -0.4 is 10.9 Å². The van der Waals surface area contributed by atoms with Crippen LogP contribution in [-0.2, 0) is 6.54 Å². The van der Waals surface area contributed by atoms with E-state index in [1.165, 1.54) is 10.5 Å². The predicted octanol–water partition coefficient (Wildman–Crippen LogP) is 3.61. The maximum absolute atomic E-state index is 12.0. The van der Waals surface area contributed by atoms with Crippen molar-refractivity contribution in [2.45, 2.75) is 6.54 Å². The van der Waals surface area contributed by atoms with Crippen molar-refractivity contribution >= 4 is 34.5 Å². The molecule has 0 bridgehead atoms. The van der Waals surface area contributed by atoms with Gasteiger partial charge in [0.05, 0.1) is 22.9 Å². The Labute approximate surface area is 131 Å². The summed E-state index contributed by atoms with van der Waals surface area (Å²) in [7, 11) is 0. The first-order valence-corrected chi connectivity index (χ1v) is 7.05. The van der Waals surface area contributed by atoms with Gasteiger partial charge in [-0.05, 0) is 30.3 Å². The van der Waals surface area contributed by atoms with Crippen LogP contribution in [0.3, 0.4) is 0 Å². The number of nitrogens with one attached hydrogen (secondary N) is 1. The third-order valence-electron chi connectivity index (χ3n) is 3.02. The molecule has 0 radical (unpaired) electrons. The van der Waals surface area contributed by atoms with E-state index < -0.39 is 0 Å². The van der Waals surface area contributed by atoms with E-state index in [4.69, 9.17) is 23.2 Å². The van der Waals surface area contributed by atoms with Crippen LogP contribution in [0.25, 0.3) is 5.65 Å². The van der Waals surface area contributed by atoms with E-state index in [9.17, 15) is 4.79 Å². The number of aromatic nitrogens is 2. The molecule has 4 nitrogen and oxygen atoms in total. The molecule has 0 aliphatic carbocycles. The molecule has 0 saturated heterocycles. The van der Waals surface area contributed by atoms with Crippen molar-refractivity contribution in [2.24, 2.45) is 0 Å². The molecule has 2 heterocycles. The van der Waals surface area contributed by atoms with E-state index >= 15 is 0 Å². The smallest absolute Gasteiger partial charge is 0.258 e. The van der Waals surface area contributed by atoms with Crippen LogP contribution in [0, 0.1) is 0 Å². The summed E-state index contributed by atoms with van der Waals surface area (Å²) in [4.78, 5) is 16.4. The highest BCUT2D eigenvalue weighted by Gasteiger charge is 2.04. The zero-order valence-corrected chi connectivity index (χ0v) is 12.4. The summed E-state index contributed by atoms with van der Waals surface area (Å²) >= 11 is 11.9. The van der Waals surface area contributed by atoms with E-state index in [2.05, 4.69) is 10.3 Å². The highest BCUT2D eigenvalue weighted by molar-refractivity contribution is 6.36. The highest BCUT2D eigenvalue weighted by Crippen LogP contribution is 2.25. The molecule has 0 aliphatic rings. The molecule has 0 saturated carbocycles. The largest absolute Gasteiger partial charge is 0.378 e. The summed E-state index contributed by atoms with van der Waals surface area (Å²) in [6.45, 7) is 0.405. The van der Waals surface area contributed by atoms with Gasteiger partial charge in [0.1, 0.15) is 5.65 Å². The first-order valence-electron chi connectivity index (χ1n) is 6.30. The number of halogens is 2. The number of benzene rings is 1. The van der Waals surface area contributed by atoms with Gasteiger partial charge in [0.2, 0.25) is 0 Å². The van der Waals surface area contributed by atoms with Crippen molar-refractivity contribution in [2.75, 3.05) is 5.32 Å². The standard InChI is InChI=1S/C15H11Cl2N3O/c16-10-4-5-13(12(17)7-10)18-9-11-8-15(21)20-6-2-1-3-14(20)19-11/h1-8,18H,9H2. The zero-order valence-electron chi connectivity index (χ0n) is 10.9. The van der Waals surface area contributed by atoms with Gasteiger partial charge in [-0.1, -0.05) is 29.3 Å². The highest BCUT2D eigenvalue weighted by atomic mass is 35.5. The lowest BCUT2D eigenvalue weighted by Crippen LogP contribution is -2.16. The number of hydrogen-bond donors (Lipinski definition) is 1. The quantitative estimate of drug-likeness (QED) is 0.802. The summed E-state index contributed by atoms with van der Waals surface area (Å²) in [5, 5.41) is 4.25. The van der Waals surface area contributed by atoms with Crippen LogP contribution in [0.1, 0.15) is 5.69 Å². The Morgan fingerprint density at radius 3 is 2.81 bits per heavy atom. The molecule has 3 aromatic rings. The van der Waals surface area contributed by atoms with Crippen LogP contribution in [0.4, 0.5) is 5.69 Å². The van der Waals surface area contributed by atoms with E-state index in [-0.39, 0.29) is 5.56 Å². The molecule has 1 aromatic carbocycles. The molecule has 2 aromatic heterocycles. The molecule has 3 rings (SSSR count). The molecule has 21 heavy (non-hydrogen) atoms. The average Bonchev–Trinajstić information content (AvgIpc) is 2.46. The summed E-state index contributed by atoms with van der Waals surface area (Å²) in [5.74, 6) is 0. The molecular weight excluding hydrogens is 309 g/mol. The monoisotopic (exact) mass is 319 g/mol. The molecule has 0 atom stereocenters. The Bertz CT molecular complexity index is 861. The van der Waals surface area contributed by atoms with E-state index in [0.717, 1.165) is 5.69 Å². The fourth-order valence-corrected chi connectivity index (χ4v) is 2.49. The van der Waals surface area contributed by atoms with Crippen LogP contribution in [-0.4, -0.2) is 9.38 Å². The van der Waals surface area contributed by atoms with E-state index in [1.807, 2.05) is 6.07 Å². The van der Waals surface area contributed by atoms with Gasteiger partial charge in [-0.2, -0.15) is 0 Å². The zero-order chi connectivity index (χ0) is 14.8. The fourth-order valence-electron chi connectivity index (χ4n) is 2.01. The lowest BCUT2D eigenvalue weighted by Gasteiger charge is -2.09. The Balaban J connectivity index is 1.87. The number of anilines is 1. The van der Waals surface area contributed by atoms with Crippen molar-refractivity contribution in [1.82, 2.24) is 9.38 Å². The fraction of sp³-hybridized carbons (Fsp3) is 0.0667. The number of rotatable bonds is 3.